The number of carbonyl (C=O) groups excluding carboxylic acids is 2. The van der Waals surface area contributed by atoms with Crippen molar-refractivity contribution in [3.05, 3.63) is 48.0 Å². The molecular weight excluding hydrogens is 334 g/mol. The van der Waals surface area contributed by atoms with E-state index in [-0.39, 0.29) is 18.6 Å². The number of fused-ring (bicyclic) bond motifs is 1. The second kappa shape index (κ2) is 7.45. The molecule has 0 saturated carbocycles. The monoisotopic (exact) mass is 355 g/mol. The first-order chi connectivity index (χ1) is 12.4. The van der Waals surface area contributed by atoms with Crippen molar-refractivity contribution >= 4 is 23.2 Å². The van der Waals surface area contributed by atoms with Gasteiger partial charge < -0.3 is 25.4 Å². The fraction of sp³-hybridized carbons (Fsp3) is 0.263. The zero-order valence-corrected chi connectivity index (χ0v) is 14.7. The van der Waals surface area contributed by atoms with Gasteiger partial charge in [0, 0.05) is 31.4 Å². The number of ether oxygens (including phenoxy) is 2. The standard InChI is InChI=1S/C19H21N3O4/c1-12(23)21-14-5-3-13(4-6-14)9-16(20)19(24)22(2)15-7-8-17-18(10-15)26-11-25-17/h3-8,10,16H,9,11,20H2,1-2H3,(H,21,23)/t16-/m0/s1. The van der Waals surface area contributed by atoms with Crippen LogP contribution in [0.4, 0.5) is 11.4 Å². The van der Waals surface area contributed by atoms with E-state index in [0.717, 1.165) is 5.56 Å². The van der Waals surface area contributed by atoms with Crippen molar-refractivity contribution in [2.45, 2.75) is 19.4 Å². The van der Waals surface area contributed by atoms with Crippen LogP contribution in [0.2, 0.25) is 0 Å². The molecule has 0 saturated heterocycles. The average Bonchev–Trinajstić information content (AvgIpc) is 3.09. The second-order valence-electron chi connectivity index (χ2n) is 6.12. The molecule has 136 valence electrons. The average molecular weight is 355 g/mol. The first kappa shape index (κ1) is 17.8. The van der Waals surface area contributed by atoms with E-state index in [1.165, 1.54) is 11.8 Å². The van der Waals surface area contributed by atoms with Gasteiger partial charge in [-0.25, -0.2) is 0 Å². The number of hydrogen-bond acceptors (Lipinski definition) is 5. The third-order valence-corrected chi connectivity index (χ3v) is 4.12. The Morgan fingerprint density at radius 1 is 1.15 bits per heavy atom. The summed E-state index contributed by atoms with van der Waals surface area (Å²) in [6.45, 7) is 1.64. The number of benzene rings is 2. The van der Waals surface area contributed by atoms with Crippen LogP contribution in [0.25, 0.3) is 0 Å². The van der Waals surface area contributed by atoms with Gasteiger partial charge in [-0.3, -0.25) is 9.59 Å². The Morgan fingerprint density at radius 3 is 2.54 bits per heavy atom. The molecule has 0 radical (unpaired) electrons. The van der Waals surface area contributed by atoms with Gasteiger partial charge in [0.2, 0.25) is 18.6 Å². The lowest BCUT2D eigenvalue weighted by molar-refractivity contribution is -0.119. The van der Waals surface area contributed by atoms with Gasteiger partial charge in [-0.1, -0.05) is 12.1 Å². The van der Waals surface area contributed by atoms with Crippen LogP contribution in [0.3, 0.4) is 0 Å². The highest BCUT2D eigenvalue weighted by Gasteiger charge is 2.22. The molecule has 7 heteroatoms. The molecule has 3 rings (SSSR count). The maximum absolute atomic E-state index is 12.6. The highest BCUT2D eigenvalue weighted by atomic mass is 16.7. The molecule has 3 N–H and O–H groups in total. The Kier molecular flexibility index (Phi) is 5.09. The zero-order chi connectivity index (χ0) is 18.7. The van der Waals surface area contributed by atoms with Crippen LogP contribution >= 0.6 is 0 Å². The highest BCUT2D eigenvalue weighted by Crippen LogP contribution is 2.35. The molecule has 7 nitrogen and oxygen atoms in total. The summed E-state index contributed by atoms with van der Waals surface area (Å²) in [5.41, 5.74) is 8.42. The van der Waals surface area contributed by atoms with E-state index >= 15 is 0 Å². The quantitative estimate of drug-likeness (QED) is 0.854. The molecule has 0 aliphatic carbocycles. The zero-order valence-electron chi connectivity index (χ0n) is 14.7. The third kappa shape index (κ3) is 3.94. The molecule has 26 heavy (non-hydrogen) atoms. The van der Waals surface area contributed by atoms with Crippen LogP contribution in [0.1, 0.15) is 12.5 Å². The smallest absolute Gasteiger partial charge is 0.243 e. The van der Waals surface area contributed by atoms with Crippen molar-refractivity contribution in [1.82, 2.24) is 0 Å². The molecule has 0 fully saturated rings. The minimum Gasteiger partial charge on any atom is -0.454 e. The predicted molar refractivity (Wildman–Crippen MR) is 98.4 cm³/mol. The summed E-state index contributed by atoms with van der Waals surface area (Å²) in [5, 5.41) is 2.70. The number of nitrogens with zero attached hydrogens (tertiary/aromatic N) is 1. The molecular formula is C19H21N3O4. The van der Waals surface area contributed by atoms with Gasteiger partial charge >= 0.3 is 0 Å². The summed E-state index contributed by atoms with van der Waals surface area (Å²) in [6.07, 6.45) is 0.397. The van der Waals surface area contributed by atoms with Crippen molar-refractivity contribution in [3.63, 3.8) is 0 Å². The van der Waals surface area contributed by atoms with Gasteiger partial charge in [0.15, 0.2) is 11.5 Å². The first-order valence-electron chi connectivity index (χ1n) is 8.23. The van der Waals surface area contributed by atoms with Gasteiger partial charge in [0.1, 0.15) is 0 Å². The number of amides is 2. The van der Waals surface area contributed by atoms with E-state index in [1.54, 1.807) is 37.4 Å². The molecule has 1 aliphatic heterocycles. The topological polar surface area (TPSA) is 93.9 Å². The van der Waals surface area contributed by atoms with Crippen molar-refractivity contribution in [2.24, 2.45) is 5.73 Å². The lowest BCUT2D eigenvalue weighted by Gasteiger charge is -2.22. The lowest BCUT2D eigenvalue weighted by Crippen LogP contribution is -2.43. The minimum atomic E-state index is -0.683. The maximum Gasteiger partial charge on any atom is 0.243 e. The van der Waals surface area contributed by atoms with Gasteiger partial charge in [-0.05, 0) is 36.2 Å². The molecule has 0 unspecified atom stereocenters. The van der Waals surface area contributed by atoms with E-state index in [2.05, 4.69) is 5.32 Å². The molecule has 0 aromatic heterocycles. The Morgan fingerprint density at radius 2 is 1.85 bits per heavy atom. The molecule has 0 bridgehead atoms. The Bertz CT molecular complexity index is 820. The number of rotatable bonds is 5. The van der Waals surface area contributed by atoms with Crippen LogP contribution in [0, 0.1) is 0 Å². The SMILES string of the molecule is CC(=O)Nc1ccc(C[C@H](N)C(=O)N(C)c2ccc3c(c2)OCO3)cc1. The van der Waals surface area contributed by atoms with Crippen molar-refractivity contribution in [2.75, 3.05) is 24.1 Å². The lowest BCUT2D eigenvalue weighted by atomic mass is 10.0. The number of anilines is 2. The molecule has 0 spiro atoms. The molecule has 2 amide bonds. The fourth-order valence-corrected chi connectivity index (χ4v) is 2.74. The van der Waals surface area contributed by atoms with Crippen LogP contribution in [0.15, 0.2) is 42.5 Å². The summed E-state index contributed by atoms with van der Waals surface area (Å²) in [4.78, 5) is 25.2. The van der Waals surface area contributed by atoms with E-state index in [1.807, 2.05) is 12.1 Å². The van der Waals surface area contributed by atoms with E-state index in [9.17, 15) is 9.59 Å². The maximum atomic E-state index is 12.6. The highest BCUT2D eigenvalue weighted by molar-refractivity contribution is 5.97. The van der Waals surface area contributed by atoms with Gasteiger partial charge in [-0.15, -0.1) is 0 Å². The van der Waals surface area contributed by atoms with Crippen LogP contribution < -0.4 is 25.4 Å². The Labute approximate surface area is 151 Å². The Hall–Kier alpha value is -3.06. The second-order valence-corrected chi connectivity index (χ2v) is 6.12. The number of nitrogens with two attached hydrogens (primary N) is 1. The number of nitrogens with one attached hydrogen (secondary N) is 1. The fourth-order valence-electron chi connectivity index (χ4n) is 2.74. The number of carbonyl (C=O) groups is 2. The largest absolute Gasteiger partial charge is 0.454 e. The van der Waals surface area contributed by atoms with Crippen LogP contribution in [-0.2, 0) is 16.0 Å². The first-order valence-corrected chi connectivity index (χ1v) is 8.23. The normalized spacial score (nSPS) is 13.2. The van der Waals surface area contributed by atoms with E-state index < -0.39 is 6.04 Å². The number of hydrogen-bond donors (Lipinski definition) is 2. The molecule has 2 aromatic rings. The van der Waals surface area contributed by atoms with Crippen molar-refractivity contribution in [1.29, 1.82) is 0 Å². The van der Waals surface area contributed by atoms with Crippen LogP contribution in [0.5, 0.6) is 11.5 Å². The summed E-state index contributed by atoms with van der Waals surface area (Å²) >= 11 is 0. The Balaban J connectivity index is 1.64. The van der Waals surface area contributed by atoms with Crippen molar-refractivity contribution < 1.29 is 19.1 Å². The third-order valence-electron chi connectivity index (χ3n) is 4.12. The van der Waals surface area contributed by atoms with E-state index in [4.69, 9.17) is 15.2 Å². The minimum absolute atomic E-state index is 0.130. The van der Waals surface area contributed by atoms with Gasteiger partial charge in [-0.2, -0.15) is 0 Å². The number of likely N-dealkylation sites (N-methyl/N-ethyl adjacent to an activating group) is 1. The molecule has 1 atom stereocenters. The molecule has 1 aliphatic rings. The molecule has 2 aromatic carbocycles. The van der Waals surface area contributed by atoms with Crippen molar-refractivity contribution in [3.8, 4) is 11.5 Å². The van der Waals surface area contributed by atoms with Gasteiger partial charge in [0.25, 0.3) is 0 Å². The van der Waals surface area contributed by atoms with Gasteiger partial charge in [0.05, 0.1) is 6.04 Å². The predicted octanol–water partition coefficient (Wildman–Crippen LogP) is 1.91. The summed E-state index contributed by atoms with van der Waals surface area (Å²) in [7, 11) is 1.68. The summed E-state index contributed by atoms with van der Waals surface area (Å²) in [5.74, 6) is 0.951. The van der Waals surface area contributed by atoms with E-state index in [0.29, 0.717) is 29.3 Å². The summed E-state index contributed by atoms with van der Waals surface area (Å²) in [6, 6.07) is 11.9. The summed E-state index contributed by atoms with van der Waals surface area (Å²) < 4.78 is 10.6. The molecule has 1 heterocycles. The van der Waals surface area contributed by atoms with Crippen LogP contribution in [-0.4, -0.2) is 31.7 Å².